The van der Waals surface area contributed by atoms with Gasteiger partial charge in [-0.1, -0.05) is 12.1 Å². The predicted molar refractivity (Wildman–Crippen MR) is 118 cm³/mol. The maximum absolute atomic E-state index is 11.9. The Bertz CT molecular complexity index is 824. The molecule has 30 heavy (non-hydrogen) atoms. The third kappa shape index (κ3) is 7.49. The molecule has 0 radical (unpaired) electrons. The number of nitrogens with one attached hydrogen (secondary N) is 2. The summed E-state index contributed by atoms with van der Waals surface area (Å²) in [5.74, 6) is 1.20. The van der Waals surface area contributed by atoms with Crippen LogP contribution in [0.4, 0.5) is 0 Å². The molecule has 1 aliphatic rings. The van der Waals surface area contributed by atoms with Crippen molar-refractivity contribution in [2.45, 2.75) is 25.3 Å². The van der Waals surface area contributed by atoms with Gasteiger partial charge in [-0.3, -0.25) is 4.79 Å². The van der Waals surface area contributed by atoms with Gasteiger partial charge in [-0.15, -0.1) is 0 Å². The molecule has 10 heteroatoms. The number of hydrogen-bond acceptors (Lipinski definition) is 5. The smallest absolute Gasteiger partial charge is 0.243 e. The van der Waals surface area contributed by atoms with E-state index in [-0.39, 0.29) is 18.5 Å². The van der Waals surface area contributed by atoms with E-state index in [4.69, 9.17) is 4.74 Å². The lowest BCUT2D eigenvalue weighted by Crippen LogP contribution is -2.47. The molecule has 168 valence electrons. The van der Waals surface area contributed by atoms with Crippen molar-refractivity contribution in [2.24, 2.45) is 4.99 Å². The first kappa shape index (κ1) is 23.9. The normalized spacial score (nSPS) is 17.6. The molecule has 0 unspecified atom stereocenters. The van der Waals surface area contributed by atoms with Crippen molar-refractivity contribution in [3.63, 3.8) is 0 Å². The van der Waals surface area contributed by atoms with Crippen LogP contribution < -0.4 is 15.4 Å². The van der Waals surface area contributed by atoms with E-state index in [9.17, 15) is 13.2 Å². The number of amides is 1. The van der Waals surface area contributed by atoms with Crippen LogP contribution >= 0.6 is 0 Å². The Labute approximate surface area is 179 Å². The summed E-state index contributed by atoms with van der Waals surface area (Å²) < 4.78 is 30.6. The molecule has 2 rings (SSSR count). The van der Waals surface area contributed by atoms with Gasteiger partial charge in [0, 0.05) is 39.8 Å². The van der Waals surface area contributed by atoms with E-state index in [0.717, 1.165) is 30.6 Å². The van der Waals surface area contributed by atoms with E-state index in [0.29, 0.717) is 25.6 Å². The molecule has 0 aromatic heterocycles. The minimum absolute atomic E-state index is 0.0192. The predicted octanol–water partition coefficient (Wildman–Crippen LogP) is 0.285. The van der Waals surface area contributed by atoms with Crippen LogP contribution in [0.15, 0.2) is 29.3 Å². The largest absolute Gasteiger partial charge is 0.497 e. The summed E-state index contributed by atoms with van der Waals surface area (Å²) in [5, 5.41) is 6.44. The molecular weight excluding hydrogens is 406 g/mol. The number of carbonyl (C=O) groups is 1. The van der Waals surface area contributed by atoms with Gasteiger partial charge in [-0.2, -0.15) is 4.31 Å². The zero-order valence-electron chi connectivity index (χ0n) is 18.2. The maximum atomic E-state index is 11.9. The Morgan fingerprint density at radius 1 is 1.27 bits per heavy atom. The number of likely N-dealkylation sites (N-methyl/N-ethyl adjacent to an activating group) is 1. The van der Waals surface area contributed by atoms with Gasteiger partial charge in [0.25, 0.3) is 0 Å². The molecule has 0 aliphatic carbocycles. The summed E-state index contributed by atoms with van der Waals surface area (Å²) in [6.45, 7) is 1.62. The molecule has 0 saturated carbocycles. The summed E-state index contributed by atoms with van der Waals surface area (Å²) >= 11 is 0. The molecule has 1 fully saturated rings. The molecule has 1 atom stereocenters. The van der Waals surface area contributed by atoms with Crippen molar-refractivity contribution >= 4 is 21.9 Å². The van der Waals surface area contributed by atoms with Crippen LogP contribution in [0.1, 0.15) is 18.4 Å². The average Bonchev–Trinajstić information content (AvgIpc) is 3.19. The highest BCUT2D eigenvalue weighted by Crippen LogP contribution is 2.19. The second-order valence-electron chi connectivity index (χ2n) is 7.53. The van der Waals surface area contributed by atoms with Crippen LogP contribution in [0.2, 0.25) is 0 Å². The van der Waals surface area contributed by atoms with Gasteiger partial charge in [0.2, 0.25) is 15.9 Å². The van der Waals surface area contributed by atoms with Gasteiger partial charge in [0.05, 0.1) is 13.4 Å². The first-order valence-electron chi connectivity index (χ1n) is 10.0. The maximum Gasteiger partial charge on any atom is 0.243 e. The fourth-order valence-electron chi connectivity index (χ4n) is 3.24. The van der Waals surface area contributed by atoms with E-state index in [2.05, 4.69) is 15.6 Å². The van der Waals surface area contributed by atoms with Crippen LogP contribution in [-0.2, 0) is 21.2 Å². The Kier molecular flexibility index (Phi) is 8.91. The summed E-state index contributed by atoms with van der Waals surface area (Å²) in [4.78, 5) is 17.8. The molecule has 9 nitrogen and oxygen atoms in total. The Balaban J connectivity index is 1.95. The third-order valence-corrected chi connectivity index (χ3v) is 6.32. The average molecular weight is 440 g/mol. The molecule has 1 amide bonds. The van der Waals surface area contributed by atoms with E-state index in [1.54, 1.807) is 21.2 Å². The highest BCUT2D eigenvalue weighted by atomic mass is 32.2. The molecular formula is C20H33N5O4S. The van der Waals surface area contributed by atoms with E-state index in [1.165, 1.54) is 15.5 Å². The topological polar surface area (TPSA) is 103 Å². The van der Waals surface area contributed by atoms with Crippen LogP contribution in [0.25, 0.3) is 0 Å². The molecule has 0 spiro atoms. The van der Waals surface area contributed by atoms with Crippen LogP contribution in [0.5, 0.6) is 5.75 Å². The number of ether oxygens (including phenoxy) is 1. The zero-order chi connectivity index (χ0) is 22.1. The minimum Gasteiger partial charge on any atom is -0.497 e. The fraction of sp³-hybridized carbons (Fsp3) is 0.600. The van der Waals surface area contributed by atoms with Crippen LogP contribution in [0.3, 0.4) is 0 Å². The highest BCUT2D eigenvalue weighted by Gasteiger charge is 2.31. The fourth-order valence-corrected chi connectivity index (χ4v) is 4.43. The molecule has 1 aromatic rings. The number of rotatable bonds is 9. The number of guanidine groups is 1. The lowest BCUT2D eigenvalue weighted by atomic mass is 10.1. The second kappa shape index (κ2) is 11.2. The molecule has 1 heterocycles. The highest BCUT2D eigenvalue weighted by molar-refractivity contribution is 7.88. The molecule has 1 aliphatic heterocycles. The number of benzene rings is 1. The van der Waals surface area contributed by atoms with Crippen molar-refractivity contribution in [1.29, 1.82) is 0 Å². The van der Waals surface area contributed by atoms with Crippen molar-refractivity contribution in [3.8, 4) is 5.75 Å². The number of carbonyl (C=O) groups excluding carboxylic acids is 1. The number of aliphatic imine (C=N–C) groups is 1. The molecule has 1 aromatic carbocycles. The quantitative estimate of drug-likeness (QED) is 0.423. The number of hydrogen-bond donors (Lipinski definition) is 2. The van der Waals surface area contributed by atoms with Gasteiger partial charge in [-0.25, -0.2) is 13.4 Å². The van der Waals surface area contributed by atoms with E-state index >= 15 is 0 Å². The van der Waals surface area contributed by atoms with Gasteiger partial charge in [0.1, 0.15) is 12.3 Å². The van der Waals surface area contributed by atoms with Gasteiger partial charge >= 0.3 is 0 Å². The van der Waals surface area contributed by atoms with Gasteiger partial charge in [-0.05, 0) is 37.0 Å². The number of methoxy groups -OCH3 is 1. The Morgan fingerprint density at radius 2 is 1.97 bits per heavy atom. The van der Waals surface area contributed by atoms with Gasteiger partial charge < -0.3 is 20.3 Å². The van der Waals surface area contributed by atoms with Crippen LogP contribution in [-0.4, -0.2) is 89.2 Å². The Morgan fingerprint density at radius 3 is 2.57 bits per heavy atom. The SMILES string of the molecule is COc1ccc(CCNC(=NCC(=O)N(C)C)NC[C@H]2CCCN2S(C)(=O)=O)cc1. The summed E-state index contributed by atoms with van der Waals surface area (Å²) in [6.07, 6.45) is 3.65. The standard InChI is InChI=1S/C20H33N5O4S/c1-24(2)19(26)15-23-20(21-12-11-16-7-9-18(29-3)10-8-16)22-14-17-6-5-13-25(17)30(4,27)28/h7-10,17H,5-6,11-15H2,1-4H3,(H2,21,22,23)/t17-/m1/s1. The van der Waals surface area contributed by atoms with Crippen LogP contribution in [0, 0.1) is 0 Å². The molecule has 1 saturated heterocycles. The van der Waals surface area contributed by atoms with Crippen molar-refractivity contribution in [2.75, 3.05) is 53.6 Å². The third-order valence-electron chi connectivity index (χ3n) is 4.99. The summed E-state index contributed by atoms with van der Waals surface area (Å²) in [7, 11) is 1.77. The zero-order valence-corrected chi connectivity index (χ0v) is 19.0. The monoisotopic (exact) mass is 439 g/mol. The molecule has 2 N–H and O–H groups in total. The van der Waals surface area contributed by atoms with Crippen molar-refractivity contribution < 1.29 is 17.9 Å². The van der Waals surface area contributed by atoms with Crippen molar-refractivity contribution in [1.82, 2.24) is 19.8 Å². The first-order chi connectivity index (χ1) is 14.2. The molecule has 0 bridgehead atoms. The second-order valence-corrected chi connectivity index (χ2v) is 9.46. The van der Waals surface area contributed by atoms with Gasteiger partial charge in [0.15, 0.2) is 5.96 Å². The minimum atomic E-state index is -3.23. The summed E-state index contributed by atoms with van der Waals surface area (Å²) in [5.41, 5.74) is 1.14. The van der Waals surface area contributed by atoms with E-state index in [1.807, 2.05) is 24.3 Å². The number of sulfonamides is 1. The van der Waals surface area contributed by atoms with E-state index < -0.39 is 10.0 Å². The number of nitrogens with zero attached hydrogens (tertiary/aromatic N) is 3. The first-order valence-corrected chi connectivity index (χ1v) is 11.9. The lowest BCUT2D eigenvalue weighted by molar-refractivity contribution is -0.127. The van der Waals surface area contributed by atoms with Crippen molar-refractivity contribution in [3.05, 3.63) is 29.8 Å². The Hall–Kier alpha value is -2.33. The lowest BCUT2D eigenvalue weighted by Gasteiger charge is -2.23. The summed E-state index contributed by atoms with van der Waals surface area (Å²) in [6, 6.07) is 7.72.